The lowest BCUT2D eigenvalue weighted by Crippen LogP contribution is -2.10. The fourth-order valence-corrected chi connectivity index (χ4v) is 7.50. The number of nitrogens with zero attached hydrogens (tertiary/aromatic N) is 2. The van der Waals surface area contributed by atoms with Crippen molar-refractivity contribution in [3.8, 4) is 21.7 Å². The third-order valence-corrected chi connectivity index (χ3v) is 9.59. The quantitative estimate of drug-likeness (QED) is 0.198. The molecule has 0 aliphatic carbocycles. The molecule has 7 aromatic carbocycles. The zero-order valence-electron chi connectivity index (χ0n) is 24.2. The molecule has 0 aliphatic rings. The van der Waals surface area contributed by atoms with Gasteiger partial charge in [0.2, 0.25) is 0 Å². The Morgan fingerprint density at radius 1 is 0.511 bits per heavy atom. The Balaban J connectivity index is 1.28. The second-order valence-corrected chi connectivity index (χ2v) is 12.2. The summed E-state index contributed by atoms with van der Waals surface area (Å²) in [6.07, 6.45) is 0. The van der Waals surface area contributed by atoms with Crippen molar-refractivity contribution in [2.75, 3.05) is 4.90 Å². The average Bonchev–Trinajstić information content (AvgIpc) is 3.71. The molecule has 45 heavy (non-hydrogen) atoms. The molecule has 0 amide bonds. The molecule has 0 saturated heterocycles. The van der Waals surface area contributed by atoms with Crippen LogP contribution in [0.2, 0.25) is 0 Å². The SMILES string of the molecule is c1ccc(-c2nc3ccc4oc5ccc(N(c6ccccc6)c6cc(-c7ccccc7)c7ccccc7c6)cc5c4c3s2)cc1. The van der Waals surface area contributed by atoms with Crippen molar-refractivity contribution in [3.05, 3.63) is 158 Å². The summed E-state index contributed by atoms with van der Waals surface area (Å²) in [6.45, 7) is 0. The molecule has 0 spiro atoms. The average molecular weight is 595 g/mol. The summed E-state index contributed by atoms with van der Waals surface area (Å²) in [7, 11) is 0. The number of fused-ring (bicyclic) bond motifs is 6. The van der Waals surface area contributed by atoms with Crippen molar-refractivity contribution < 1.29 is 4.42 Å². The molecule has 0 unspecified atom stereocenters. The topological polar surface area (TPSA) is 29.3 Å². The van der Waals surface area contributed by atoms with Gasteiger partial charge in [0, 0.05) is 33.4 Å². The predicted molar refractivity (Wildman–Crippen MR) is 190 cm³/mol. The van der Waals surface area contributed by atoms with E-state index in [0.717, 1.165) is 59.8 Å². The summed E-state index contributed by atoms with van der Waals surface area (Å²) in [5.74, 6) is 0. The number of furan rings is 1. The van der Waals surface area contributed by atoms with Crippen LogP contribution in [0.1, 0.15) is 0 Å². The zero-order valence-corrected chi connectivity index (χ0v) is 25.0. The second kappa shape index (κ2) is 10.5. The van der Waals surface area contributed by atoms with E-state index in [9.17, 15) is 0 Å². The largest absolute Gasteiger partial charge is 0.456 e. The number of para-hydroxylation sites is 1. The second-order valence-electron chi connectivity index (χ2n) is 11.2. The molecule has 0 aliphatic heterocycles. The van der Waals surface area contributed by atoms with E-state index in [1.165, 1.54) is 21.9 Å². The molecule has 0 fully saturated rings. The van der Waals surface area contributed by atoms with Crippen molar-refractivity contribution in [2.24, 2.45) is 0 Å². The molecule has 9 rings (SSSR count). The van der Waals surface area contributed by atoms with Crippen molar-refractivity contribution >= 4 is 71.3 Å². The maximum atomic E-state index is 6.42. The van der Waals surface area contributed by atoms with Gasteiger partial charge in [0.25, 0.3) is 0 Å². The minimum absolute atomic E-state index is 0.868. The first-order valence-corrected chi connectivity index (χ1v) is 15.9. The highest BCUT2D eigenvalue weighted by Crippen LogP contribution is 2.44. The van der Waals surface area contributed by atoms with E-state index in [-0.39, 0.29) is 0 Å². The van der Waals surface area contributed by atoms with Gasteiger partial charge in [-0.25, -0.2) is 4.98 Å². The van der Waals surface area contributed by atoms with Gasteiger partial charge in [0.1, 0.15) is 16.2 Å². The number of benzene rings is 7. The first kappa shape index (κ1) is 25.8. The molecule has 2 heterocycles. The Bertz CT molecular complexity index is 2480. The van der Waals surface area contributed by atoms with Gasteiger partial charge in [-0.1, -0.05) is 103 Å². The van der Waals surface area contributed by atoms with Crippen molar-refractivity contribution in [3.63, 3.8) is 0 Å². The Kier molecular flexibility index (Phi) is 6.00. The summed E-state index contributed by atoms with van der Waals surface area (Å²) in [5, 5.41) is 5.64. The summed E-state index contributed by atoms with van der Waals surface area (Å²) >= 11 is 1.72. The van der Waals surface area contributed by atoms with E-state index in [0.29, 0.717) is 0 Å². The number of hydrogen-bond acceptors (Lipinski definition) is 4. The summed E-state index contributed by atoms with van der Waals surface area (Å²) < 4.78 is 7.56. The Labute approximate surface area is 264 Å². The molecule has 0 radical (unpaired) electrons. The lowest BCUT2D eigenvalue weighted by Gasteiger charge is -2.27. The molecule has 9 aromatic rings. The molecule has 2 aromatic heterocycles. The maximum Gasteiger partial charge on any atom is 0.137 e. The van der Waals surface area contributed by atoms with E-state index in [2.05, 4.69) is 157 Å². The van der Waals surface area contributed by atoms with Gasteiger partial charge < -0.3 is 9.32 Å². The molecular weight excluding hydrogens is 569 g/mol. The third-order valence-electron chi connectivity index (χ3n) is 8.45. The van der Waals surface area contributed by atoms with Gasteiger partial charge in [-0.2, -0.15) is 0 Å². The minimum Gasteiger partial charge on any atom is -0.456 e. The molecule has 0 N–H and O–H groups in total. The van der Waals surface area contributed by atoms with Crippen molar-refractivity contribution in [2.45, 2.75) is 0 Å². The number of hydrogen-bond donors (Lipinski definition) is 0. The Hall–Kier alpha value is -5.71. The van der Waals surface area contributed by atoms with Gasteiger partial charge >= 0.3 is 0 Å². The summed E-state index contributed by atoms with van der Waals surface area (Å²) in [4.78, 5) is 7.35. The van der Waals surface area contributed by atoms with E-state index >= 15 is 0 Å². The third kappa shape index (κ3) is 4.38. The van der Waals surface area contributed by atoms with Crippen LogP contribution in [0.4, 0.5) is 17.1 Å². The fraction of sp³-hybridized carbons (Fsp3) is 0. The van der Waals surface area contributed by atoms with Crippen LogP contribution in [0, 0.1) is 0 Å². The highest BCUT2D eigenvalue weighted by Gasteiger charge is 2.20. The molecule has 0 saturated carbocycles. The Morgan fingerprint density at radius 3 is 2.00 bits per heavy atom. The number of thiazole rings is 1. The van der Waals surface area contributed by atoms with Crippen molar-refractivity contribution in [1.82, 2.24) is 4.98 Å². The lowest BCUT2D eigenvalue weighted by molar-refractivity contribution is 0.669. The van der Waals surface area contributed by atoms with E-state index in [1.54, 1.807) is 11.3 Å². The molecule has 0 bridgehead atoms. The Morgan fingerprint density at radius 2 is 1.20 bits per heavy atom. The molecule has 3 nitrogen and oxygen atoms in total. The predicted octanol–water partition coefficient (Wildman–Crippen LogP) is 12.2. The van der Waals surface area contributed by atoms with Crippen LogP contribution >= 0.6 is 11.3 Å². The zero-order chi connectivity index (χ0) is 29.7. The molecule has 4 heteroatoms. The van der Waals surface area contributed by atoms with Gasteiger partial charge in [-0.05, 0) is 76.5 Å². The van der Waals surface area contributed by atoms with E-state index < -0.39 is 0 Å². The van der Waals surface area contributed by atoms with Gasteiger partial charge in [-0.15, -0.1) is 11.3 Å². The van der Waals surface area contributed by atoms with Crippen LogP contribution in [-0.4, -0.2) is 4.98 Å². The van der Waals surface area contributed by atoms with Crippen molar-refractivity contribution in [1.29, 1.82) is 0 Å². The van der Waals surface area contributed by atoms with Crippen LogP contribution < -0.4 is 4.90 Å². The molecular formula is C41H26N2OS. The van der Waals surface area contributed by atoms with Gasteiger partial charge in [-0.3, -0.25) is 0 Å². The van der Waals surface area contributed by atoms with Crippen LogP contribution in [-0.2, 0) is 0 Å². The highest BCUT2D eigenvalue weighted by molar-refractivity contribution is 7.22. The monoisotopic (exact) mass is 594 g/mol. The highest BCUT2D eigenvalue weighted by atomic mass is 32.1. The number of rotatable bonds is 5. The summed E-state index contributed by atoms with van der Waals surface area (Å²) in [5.41, 5.74) is 9.51. The first-order chi connectivity index (χ1) is 22.3. The lowest BCUT2D eigenvalue weighted by atomic mass is 9.96. The molecule has 212 valence electrons. The number of aromatic nitrogens is 1. The van der Waals surface area contributed by atoms with Crippen LogP contribution in [0.25, 0.3) is 64.6 Å². The fourth-order valence-electron chi connectivity index (χ4n) is 6.38. The number of anilines is 3. The smallest absolute Gasteiger partial charge is 0.137 e. The minimum atomic E-state index is 0.868. The van der Waals surface area contributed by atoms with E-state index in [4.69, 9.17) is 9.40 Å². The van der Waals surface area contributed by atoms with Crippen LogP contribution in [0.3, 0.4) is 0 Å². The standard InChI is InChI=1S/C41H26N2OS/c1-4-12-27(13-5-1)34-26-32(24-29-16-10-11-19-33(29)34)43(30-17-8-3-9-18-30)31-20-22-37-35(25-31)39-38(44-37)23-21-36-40(39)45-41(42-36)28-14-6-2-7-15-28/h1-26H. The van der Waals surface area contributed by atoms with E-state index in [1.807, 2.05) is 6.07 Å². The molecule has 0 atom stereocenters. The van der Waals surface area contributed by atoms with Crippen LogP contribution in [0.5, 0.6) is 0 Å². The first-order valence-electron chi connectivity index (χ1n) is 15.0. The normalized spacial score (nSPS) is 11.6. The van der Waals surface area contributed by atoms with Crippen LogP contribution in [0.15, 0.2) is 162 Å². The summed E-state index contributed by atoms with van der Waals surface area (Å²) in [6, 6.07) is 55.5. The van der Waals surface area contributed by atoms with Gasteiger partial charge in [0.15, 0.2) is 0 Å². The maximum absolute atomic E-state index is 6.42. The van der Waals surface area contributed by atoms with Gasteiger partial charge in [0.05, 0.1) is 10.2 Å².